The smallest absolute Gasteiger partial charge is 0.303 e. The lowest BCUT2D eigenvalue weighted by molar-refractivity contribution is -0.137. The lowest BCUT2D eigenvalue weighted by Crippen LogP contribution is -2.35. The van der Waals surface area contributed by atoms with Gasteiger partial charge in [-0.3, -0.25) is 4.79 Å². The molecule has 5 nitrogen and oxygen atoms in total. The SMILES string of the molecule is Cc1c(C)c2c(c(C)c1OCCCCCCCC(=O)O)CCC(C)(C=CCCCCCCC#N)O2. The molecule has 1 unspecified atom stereocenters. The second-order valence-corrected chi connectivity index (χ2v) is 10.2. The van der Waals surface area contributed by atoms with Gasteiger partial charge in [-0.15, -0.1) is 0 Å². The van der Waals surface area contributed by atoms with Crippen LogP contribution in [0.4, 0.5) is 0 Å². The van der Waals surface area contributed by atoms with Gasteiger partial charge in [-0.05, 0) is 95.4 Å². The van der Waals surface area contributed by atoms with Crippen molar-refractivity contribution >= 4 is 5.97 Å². The van der Waals surface area contributed by atoms with E-state index in [0.717, 1.165) is 87.7 Å². The van der Waals surface area contributed by atoms with Gasteiger partial charge < -0.3 is 14.6 Å². The number of carboxylic acids is 1. The average molecular weight is 484 g/mol. The Hall–Kier alpha value is -2.48. The van der Waals surface area contributed by atoms with Crippen molar-refractivity contribution in [1.82, 2.24) is 0 Å². The molecular weight excluding hydrogens is 438 g/mol. The molecular formula is C30H45NO4. The Bertz CT molecular complexity index is 899. The molecule has 0 saturated carbocycles. The predicted octanol–water partition coefficient (Wildman–Crippen LogP) is 7.92. The normalized spacial score (nSPS) is 17.1. The molecule has 0 radical (unpaired) electrons. The zero-order chi connectivity index (χ0) is 25.7. The second-order valence-electron chi connectivity index (χ2n) is 10.2. The topological polar surface area (TPSA) is 79.5 Å². The summed E-state index contributed by atoms with van der Waals surface area (Å²) in [7, 11) is 0. The Morgan fingerprint density at radius 3 is 2.46 bits per heavy atom. The van der Waals surface area contributed by atoms with E-state index in [4.69, 9.17) is 19.8 Å². The van der Waals surface area contributed by atoms with Crippen LogP contribution >= 0.6 is 0 Å². The summed E-state index contributed by atoms with van der Waals surface area (Å²) in [5.41, 5.74) is 4.54. The summed E-state index contributed by atoms with van der Waals surface area (Å²) in [5.74, 6) is 1.33. The number of carboxylic acid groups (broad SMARTS) is 1. The van der Waals surface area contributed by atoms with Crippen molar-refractivity contribution in [3.63, 3.8) is 0 Å². The van der Waals surface area contributed by atoms with Crippen LogP contribution in [0.3, 0.4) is 0 Å². The molecule has 0 fully saturated rings. The molecule has 1 aliphatic rings. The fraction of sp³-hybridized carbons (Fsp3) is 0.667. The summed E-state index contributed by atoms with van der Waals surface area (Å²) in [4.78, 5) is 10.6. The van der Waals surface area contributed by atoms with Gasteiger partial charge in [0.05, 0.1) is 12.7 Å². The minimum atomic E-state index is -0.707. The molecule has 1 N–H and O–H groups in total. The first-order valence-corrected chi connectivity index (χ1v) is 13.5. The van der Waals surface area contributed by atoms with E-state index in [-0.39, 0.29) is 12.0 Å². The third-order valence-electron chi connectivity index (χ3n) is 7.18. The average Bonchev–Trinajstić information content (AvgIpc) is 2.82. The van der Waals surface area contributed by atoms with E-state index < -0.39 is 5.97 Å². The van der Waals surface area contributed by atoms with Gasteiger partial charge in [-0.1, -0.05) is 38.2 Å². The Kier molecular flexibility index (Phi) is 12.2. The molecule has 0 spiro atoms. The van der Waals surface area contributed by atoms with Crippen molar-refractivity contribution in [2.75, 3.05) is 6.61 Å². The Morgan fingerprint density at radius 2 is 1.71 bits per heavy atom. The molecule has 35 heavy (non-hydrogen) atoms. The van der Waals surface area contributed by atoms with Crippen molar-refractivity contribution in [1.29, 1.82) is 5.26 Å². The second kappa shape index (κ2) is 14.8. The lowest BCUT2D eigenvalue weighted by atomic mass is 9.86. The summed E-state index contributed by atoms with van der Waals surface area (Å²) in [6.07, 6.45) is 17.8. The Morgan fingerprint density at radius 1 is 1.03 bits per heavy atom. The fourth-order valence-corrected chi connectivity index (χ4v) is 4.82. The Balaban J connectivity index is 1.88. The van der Waals surface area contributed by atoms with Gasteiger partial charge in [0.2, 0.25) is 0 Å². The number of hydrogen-bond donors (Lipinski definition) is 1. The van der Waals surface area contributed by atoms with Gasteiger partial charge in [0.1, 0.15) is 17.1 Å². The highest BCUT2D eigenvalue weighted by Crippen LogP contribution is 2.44. The summed E-state index contributed by atoms with van der Waals surface area (Å²) in [6, 6.07) is 2.21. The number of aliphatic carboxylic acids is 1. The number of nitriles is 1. The van der Waals surface area contributed by atoms with E-state index in [0.29, 0.717) is 13.0 Å². The minimum Gasteiger partial charge on any atom is -0.493 e. The largest absolute Gasteiger partial charge is 0.493 e. The van der Waals surface area contributed by atoms with Gasteiger partial charge >= 0.3 is 5.97 Å². The third-order valence-corrected chi connectivity index (χ3v) is 7.18. The van der Waals surface area contributed by atoms with Crippen molar-refractivity contribution in [2.24, 2.45) is 0 Å². The first-order chi connectivity index (χ1) is 16.8. The molecule has 1 aromatic carbocycles. The van der Waals surface area contributed by atoms with Gasteiger partial charge in [0, 0.05) is 18.4 Å². The third kappa shape index (κ3) is 9.24. The molecule has 1 heterocycles. The lowest BCUT2D eigenvalue weighted by Gasteiger charge is -2.36. The first kappa shape index (κ1) is 28.8. The van der Waals surface area contributed by atoms with E-state index >= 15 is 0 Å². The van der Waals surface area contributed by atoms with Gasteiger partial charge in [0.25, 0.3) is 0 Å². The van der Waals surface area contributed by atoms with Crippen LogP contribution in [-0.4, -0.2) is 23.3 Å². The number of unbranched alkanes of at least 4 members (excludes halogenated alkanes) is 9. The fourth-order valence-electron chi connectivity index (χ4n) is 4.82. The number of benzene rings is 1. The van der Waals surface area contributed by atoms with E-state index in [1.54, 1.807) is 0 Å². The predicted molar refractivity (Wildman–Crippen MR) is 141 cm³/mol. The van der Waals surface area contributed by atoms with E-state index in [1.165, 1.54) is 23.1 Å². The minimum absolute atomic E-state index is 0.268. The van der Waals surface area contributed by atoms with Crippen LogP contribution in [0.1, 0.15) is 113 Å². The van der Waals surface area contributed by atoms with Crippen molar-refractivity contribution in [3.05, 3.63) is 34.4 Å². The highest BCUT2D eigenvalue weighted by Gasteiger charge is 2.32. The molecule has 5 heteroatoms. The maximum absolute atomic E-state index is 10.6. The van der Waals surface area contributed by atoms with Crippen molar-refractivity contribution in [2.45, 2.75) is 123 Å². The number of nitrogens with zero attached hydrogens (tertiary/aromatic N) is 1. The molecule has 194 valence electrons. The molecule has 1 atom stereocenters. The molecule has 2 rings (SSSR count). The molecule has 0 saturated heterocycles. The molecule has 0 aliphatic carbocycles. The number of carbonyl (C=O) groups is 1. The monoisotopic (exact) mass is 483 g/mol. The van der Waals surface area contributed by atoms with Crippen LogP contribution in [0.5, 0.6) is 11.5 Å². The quantitative estimate of drug-likeness (QED) is 0.191. The maximum Gasteiger partial charge on any atom is 0.303 e. The highest BCUT2D eigenvalue weighted by atomic mass is 16.5. The first-order valence-electron chi connectivity index (χ1n) is 13.5. The molecule has 0 amide bonds. The van der Waals surface area contributed by atoms with E-state index in [1.807, 2.05) is 0 Å². The highest BCUT2D eigenvalue weighted by molar-refractivity contribution is 5.66. The molecule has 0 aromatic heterocycles. The number of allylic oxidation sites excluding steroid dienone is 1. The summed E-state index contributed by atoms with van der Waals surface area (Å²) >= 11 is 0. The maximum atomic E-state index is 10.6. The van der Waals surface area contributed by atoms with Crippen molar-refractivity contribution < 1.29 is 19.4 Å². The van der Waals surface area contributed by atoms with Gasteiger partial charge in [-0.2, -0.15) is 5.26 Å². The standard InChI is InChI=1S/C30H45NO4/c1-23-24(2)29-26(25(3)28(23)34-22-16-12-8-9-13-17-27(32)33)18-20-30(4,35-29)19-14-10-6-5-7-11-15-21-31/h14,19H,5-13,15-18,20,22H2,1-4H3,(H,32,33). The van der Waals surface area contributed by atoms with Crippen LogP contribution in [-0.2, 0) is 11.2 Å². The number of ether oxygens (including phenoxy) is 2. The van der Waals surface area contributed by atoms with E-state index in [2.05, 4.69) is 45.9 Å². The summed E-state index contributed by atoms with van der Waals surface area (Å²) < 4.78 is 12.9. The number of rotatable bonds is 16. The van der Waals surface area contributed by atoms with Crippen LogP contribution in [0.2, 0.25) is 0 Å². The number of hydrogen-bond acceptors (Lipinski definition) is 4. The summed E-state index contributed by atoms with van der Waals surface area (Å²) in [5, 5.41) is 17.3. The van der Waals surface area contributed by atoms with Crippen LogP contribution in [0.15, 0.2) is 12.2 Å². The zero-order valence-electron chi connectivity index (χ0n) is 22.4. The molecule has 0 bridgehead atoms. The van der Waals surface area contributed by atoms with Gasteiger partial charge in [0.15, 0.2) is 0 Å². The number of fused-ring (bicyclic) bond motifs is 1. The molecule has 1 aliphatic heterocycles. The Labute approximate surface area is 212 Å². The van der Waals surface area contributed by atoms with Crippen LogP contribution in [0, 0.1) is 32.1 Å². The van der Waals surface area contributed by atoms with Crippen LogP contribution < -0.4 is 9.47 Å². The zero-order valence-corrected chi connectivity index (χ0v) is 22.4. The van der Waals surface area contributed by atoms with Crippen LogP contribution in [0.25, 0.3) is 0 Å². The van der Waals surface area contributed by atoms with E-state index in [9.17, 15) is 4.79 Å². The summed E-state index contributed by atoms with van der Waals surface area (Å²) in [6.45, 7) is 9.29. The van der Waals surface area contributed by atoms with Crippen molar-refractivity contribution in [3.8, 4) is 17.6 Å². The molecule has 1 aromatic rings. The van der Waals surface area contributed by atoms with Gasteiger partial charge in [-0.25, -0.2) is 0 Å².